The minimum Gasteiger partial charge on any atom is -0.465 e. The van der Waals surface area contributed by atoms with Crippen LogP contribution in [0.25, 0.3) is 0 Å². The van der Waals surface area contributed by atoms with Gasteiger partial charge in [-0.2, -0.15) is 0 Å². The number of aliphatic hydroxyl groups is 1. The molecule has 9 heteroatoms. The number of hydrogen-bond donors (Lipinski definition) is 1. The van der Waals surface area contributed by atoms with Crippen LogP contribution >= 0.6 is 0 Å². The van der Waals surface area contributed by atoms with Gasteiger partial charge in [-0.05, 0) is 77.0 Å². The van der Waals surface area contributed by atoms with Crippen LogP contribution in [0.3, 0.4) is 0 Å². The van der Waals surface area contributed by atoms with Crippen molar-refractivity contribution in [1.29, 1.82) is 0 Å². The first kappa shape index (κ1) is 54.8. The molecule has 0 aliphatic carbocycles. The van der Waals surface area contributed by atoms with Gasteiger partial charge in [-0.15, -0.1) is 0 Å². The molecule has 336 valence electrons. The van der Waals surface area contributed by atoms with Crippen LogP contribution in [0.15, 0.2) is 0 Å². The average Bonchev–Trinajstić information content (AvgIpc) is 3.19. The van der Waals surface area contributed by atoms with Gasteiger partial charge in [0.1, 0.15) is 12.2 Å². The predicted molar refractivity (Wildman–Crippen MR) is 232 cm³/mol. The van der Waals surface area contributed by atoms with Crippen LogP contribution in [-0.4, -0.2) is 61.0 Å². The molecule has 0 aromatic carbocycles. The number of unbranched alkanes of at least 4 members (excludes halogenated alkanes) is 20. The summed E-state index contributed by atoms with van der Waals surface area (Å²) in [6, 6.07) is 0. The summed E-state index contributed by atoms with van der Waals surface area (Å²) < 4.78 is 22.5. The fraction of sp³-hybridized carbons (Fsp3) is 0.917. The van der Waals surface area contributed by atoms with Crippen LogP contribution in [0, 0.1) is 5.92 Å². The van der Waals surface area contributed by atoms with Gasteiger partial charge in [0, 0.05) is 25.7 Å². The monoisotopic (exact) mass is 811 g/mol. The molecule has 0 fully saturated rings. The minimum absolute atomic E-state index is 0.0131. The maximum atomic E-state index is 12.6. The quantitative estimate of drug-likeness (QED) is 0.0364. The molecule has 9 nitrogen and oxygen atoms in total. The Morgan fingerprint density at radius 1 is 0.368 bits per heavy atom. The highest BCUT2D eigenvalue weighted by Crippen LogP contribution is 2.20. The van der Waals surface area contributed by atoms with Crippen molar-refractivity contribution < 1.29 is 43.2 Å². The summed E-state index contributed by atoms with van der Waals surface area (Å²) in [5.41, 5.74) is 0. The molecule has 0 rings (SSSR count). The second-order valence-corrected chi connectivity index (χ2v) is 16.6. The second-order valence-electron chi connectivity index (χ2n) is 16.6. The summed E-state index contributed by atoms with van der Waals surface area (Å²) in [5.74, 6) is -1.49. The third kappa shape index (κ3) is 37.8. The molecule has 0 radical (unpaired) electrons. The van der Waals surface area contributed by atoms with Crippen molar-refractivity contribution in [2.45, 2.75) is 258 Å². The average molecular weight is 811 g/mol. The SMILES string of the molecule is CCCCCCCC(CCCCCCC)OC(=O)CCCCCC(=O)OCC(CO)COC(=O)CCCCCC(=O)OC(CCCCCCC)CCCCCCC. The Morgan fingerprint density at radius 3 is 0.912 bits per heavy atom. The molecule has 0 aromatic heterocycles. The molecule has 0 aromatic rings. The minimum atomic E-state index is -0.486. The van der Waals surface area contributed by atoms with E-state index in [0.29, 0.717) is 38.5 Å². The van der Waals surface area contributed by atoms with Crippen LogP contribution in [0.1, 0.15) is 246 Å². The Balaban J connectivity index is 4.21. The summed E-state index contributed by atoms with van der Waals surface area (Å²) in [6.45, 7) is 8.56. The van der Waals surface area contributed by atoms with Gasteiger partial charge < -0.3 is 24.1 Å². The van der Waals surface area contributed by atoms with Crippen molar-refractivity contribution in [3.63, 3.8) is 0 Å². The van der Waals surface area contributed by atoms with E-state index in [1.807, 2.05) is 0 Å². The molecular formula is C48H90O9. The molecule has 0 heterocycles. The normalized spacial score (nSPS) is 11.4. The number of carbonyl (C=O) groups is 4. The lowest BCUT2D eigenvalue weighted by Gasteiger charge is -2.18. The van der Waals surface area contributed by atoms with Crippen molar-refractivity contribution in [1.82, 2.24) is 0 Å². The van der Waals surface area contributed by atoms with Crippen molar-refractivity contribution in [3.8, 4) is 0 Å². The Morgan fingerprint density at radius 2 is 0.632 bits per heavy atom. The number of hydrogen-bond acceptors (Lipinski definition) is 9. The molecule has 0 unspecified atom stereocenters. The first-order valence-electron chi connectivity index (χ1n) is 24.1. The summed E-state index contributed by atoms with van der Waals surface area (Å²) in [6.07, 6.45) is 33.1. The maximum Gasteiger partial charge on any atom is 0.306 e. The highest BCUT2D eigenvalue weighted by Gasteiger charge is 2.17. The van der Waals surface area contributed by atoms with Gasteiger partial charge in [-0.3, -0.25) is 19.2 Å². The molecular weight excluding hydrogens is 721 g/mol. The van der Waals surface area contributed by atoms with E-state index < -0.39 is 5.92 Å². The Kier molecular flexibility index (Phi) is 40.4. The van der Waals surface area contributed by atoms with E-state index in [-0.39, 0.29) is 68.7 Å². The summed E-state index contributed by atoms with van der Waals surface area (Å²) in [7, 11) is 0. The molecule has 0 aliphatic rings. The second kappa shape index (κ2) is 42.0. The largest absolute Gasteiger partial charge is 0.465 e. The zero-order valence-corrected chi connectivity index (χ0v) is 37.6. The third-order valence-corrected chi connectivity index (χ3v) is 10.9. The molecule has 0 atom stereocenters. The Hall–Kier alpha value is -2.16. The van der Waals surface area contributed by atoms with E-state index in [4.69, 9.17) is 18.9 Å². The molecule has 0 bridgehead atoms. The summed E-state index contributed by atoms with van der Waals surface area (Å²) >= 11 is 0. The maximum absolute atomic E-state index is 12.6. The Bertz CT molecular complexity index is 839. The van der Waals surface area contributed by atoms with Crippen LogP contribution in [0.5, 0.6) is 0 Å². The lowest BCUT2D eigenvalue weighted by Crippen LogP contribution is -2.23. The Labute approximate surface area is 350 Å². The number of esters is 4. The van der Waals surface area contributed by atoms with Crippen molar-refractivity contribution >= 4 is 23.9 Å². The highest BCUT2D eigenvalue weighted by atomic mass is 16.6. The lowest BCUT2D eigenvalue weighted by atomic mass is 10.0. The lowest BCUT2D eigenvalue weighted by molar-refractivity contribution is -0.151. The molecule has 1 N–H and O–H groups in total. The zero-order valence-electron chi connectivity index (χ0n) is 37.6. The molecule has 0 saturated heterocycles. The first-order valence-corrected chi connectivity index (χ1v) is 24.1. The zero-order chi connectivity index (χ0) is 42.0. The standard InChI is InChI=1S/C48H90O9/c1-5-9-13-17-23-31-43(32-24-18-14-10-6-2)56-47(52)37-29-21-27-35-45(50)54-40-42(39-49)41-55-46(51)36-28-22-30-38-48(53)57-44(33-25-19-15-11-7-3)34-26-20-16-12-8-4/h42-44,49H,5-41H2,1-4H3. The van der Waals surface area contributed by atoms with Gasteiger partial charge in [-0.25, -0.2) is 0 Å². The smallest absolute Gasteiger partial charge is 0.306 e. The number of carbonyl (C=O) groups excluding carboxylic acids is 4. The van der Waals surface area contributed by atoms with Gasteiger partial charge in [0.2, 0.25) is 0 Å². The molecule has 57 heavy (non-hydrogen) atoms. The molecule has 0 spiro atoms. The van der Waals surface area contributed by atoms with E-state index in [0.717, 1.165) is 64.2 Å². The summed E-state index contributed by atoms with van der Waals surface area (Å²) in [5, 5.41) is 9.73. The van der Waals surface area contributed by atoms with E-state index in [1.54, 1.807) is 0 Å². The summed E-state index contributed by atoms with van der Waals surface area (Å²) in [4.78, 5) is 49.8. The van der Waals surface area contributed by atoms with Crippen LogP contribution < -0.4 is 0 Å². The first-order chi connectivity index (χ1) is 27.8. The number of aliphatic hydroxyl groups excluding tert-OH is 1. The van der Waals surface area contributed by atoms with Gasteiger partial charge >= 0.3 is 23.9 Å². The highest BCUT2D eigenvalue weighted by molar-refractivity contribution is 5.70. The van der Waals surface area contributed by atoms with Crippen molar-refractivity contribution in [2.75, 3.05) is 19.8 Å². The van der Waals surface area contributed by atoms with Crippen molar-refractivity contribution in [3.05, 3.63) is 0 Å². The van der Waals surface area contributed by atoms with E-state index >= 15 is 0 Å². The molecule has 0 saturated carbocycles. The van der Waals surface area contributed by atoms with Gasteiger partial charge in [0.15, 0.2) is 0 Å². The van der Waals surface area contributed by atoms with Crippen LogP contribution in [0.4, 0.5) is 0 Å². The fourth-order valence-electron chi connectivity index (χ4n) is 7.07. The third-order valence-electron chi connectivity index (χ3n) is 10.9. The van der Waals surface area contributed by atoms with E-state index in [1.165, 1.54) is 103 Å². The van der Waals surface area contributed by atoms with Crippen LogP contribution in [-0.2, 0) is 38.1 Å². The number of rotatable bonds is 43. The van der Waals surface area contributed by atoms with E-state index in [9.17, 15) is 24.3 Å². The van der Waals surface area contributed by atoms with Crippen LogP contribution in [0.2, 0.25) is 0 Å². The van der Waals surface area contributed by atoms with E-state index in [2.05, 4.69) is 27.7 Å². The topological polar surface area (TPSA) is 125 Å². The van der Waals surface area contributed by atoms with Gasteiger partial charge in [0.25, 0.3) is 0 Å². The molecule has 0 amide bonds. The fourth-order valence-corrected chi connectivity index (χ4v) is 7.07. The van der Waals surface area contributed by atoms with Gasteiger partial charge in [0.05, 0.1) is 25.7 Å². The molecule has 0 aliphatic heterocycles. The van der Waals surface area contributed by atoms with Gasteiger partial charge in [-0.1, -0.05) is 143 Å². The van der Waals surface area contributed by atoms with Crippen molar-refractivity contribution in [2.24, 2.45) is 5.92 Å². The number of ether oxygens (including phenoxy) is 4. The predicted octanol–water partition coefficient (Wildman–Crippen LogP) is 12.8.